The lowest BCUT2D eigenvalue weighted by Crippen LogP contribution is -2.56. The van der Waals surface area contributed by atoms with Gasteiger partial charge < -0.3 is 5.32 Å². The van der Waals surface area contributed by atoms with E-state index >= 15 is 0 Å². The summed E-state index contributed by atoms with van der Waals surface area (Å²) in [5.41, 5.74) is 4.94. The van der Waals surface area contributed by atoms with Crippen LogP contribution >= 0.6 is 0 Å². The molecule has 2 aliphatic carbocycles. The van der Waals surface area contributed by atoms with Crippen molar-refractivity contribution < 1.29 is 0 Å². The van der Waals surface area contributed by atoms with E-state index in [9.17, 15) is 0 Å². The van der Waals surface area contributed by atoms with Gasteiger partial charge in [-0.2, -0.15) is 0 Å². The lowest BCUT2D eigenvalue weighted by Gasteiger charge is -2.49. The zero-order chi connectivity index (χ0) is 14.1. The average molecular weight is 270 g/mol. The van der Waals surface area contributed by atoms with E-state index in [0.29, 0.717) is 12.0 Å². The number of rotatable bonds is 0. The second-order valence-electron chi connectivity index (χ2n) is 7.60. The van der Waals surface area contributed by atoms with E-state index in [1.165, 1.54) is 24.1 Å². The van der Waals surface area contributed by atoms with Crippen molar-refractivity contribution in [3.05, 3.63) is 35.1 Å². The second-order valence-corrected chi connectivity index (χ2v) is 7.60. The van der Waals surface area contributed by atoms with Crippen LogP contribution in [-0.2, 0) is 0 Å². The molecular weight excluding hydrogens is 244 g/mol. The maximum Gasteiger partial charge on any atom is 0.0333 e. The highest BCUT2D eigenvalue weighted by Crippen LogP contribution is 2.50. The van der Waals surface area contributed by atoms with E-state index in [2.05, 4.69) is 56.3 Å². The van der Waals surface area contributed by atoms with E-state index in [0.717, 1.165) is 18.4 Å². The van der Waals surface area contributed by atoms with Crippen molar-refractivity contribution in [3.63, 3.8) is 0 Å². The molecule has 0 aromatic carbocycles. The van der Waals surface area contributed by atoms with Crippen molar-refractivity contribution in [2.45, 2.75) is 45.2 Å². The standard InChI is InChI=1S/C18H26N2/c1-11-15-8-14-10-18(3)12(2)17(11)19-16(15)9-13(14)6-5-7-20(18)4/h5-6,9,11-12,15,17,19H,7-8,10H2,1-4H3. The summed E-state index contributed by atoms with van der Waals surface area (Å²) in [5.74, 6) is 2.16. The molecule has 0 radical (unpaired) electrons. The van der Waals surface area contributed by atoms with Gasteiger partial charge in [0.05, 0.1) is 0 Å². The summed E-state index contributed by atoms with van der Waals surface area (Å²) in [4.78, 5) is 2.57. The third-order valence-electron chi connectivity index (χ3n) is 6.76. The Labute approximate surface area is 122 Å². The maximum absolute atomic E-state index is 3.89. The van der Waals surface area contributed by atoms with Gasteiger partial charge in [-0.05, 0) is 50.3 Å². The zero-order valence-corrected chi connectivity index (χ0v) is 13.1. The Bertz CT molecular complexity index is 542. The molecule has 0 spiro atoms. The molecule has 5 unspecified atom stereocenters. The number of allylic oxidation sites excluding steroid dienone is 4. The van der Waals surface area contributed by atoms with E-state index in [4.69, 9.17) is 0 Å². The van der Waals surface area contributed by atoms with Gasteiger partial charge in [0, 0.05) is 29.7 Å². The highest BCUT2D eigenvalue weighted by molar-refractivity contribution is 5.46. The molecule has 2 aliphatic heterocycles. The number of likely N-dealkylation sites (N-methyl/N-ethyl adjacent to an activating group) is 1. The quantitative estimate of drug-likeness (QED) is 0.727. The summed E-state index contributed by atoms with van der Waals surface area (Å²) in [7, 11) is 2.30. The van der Waals surface area contributed by atoms with Crippen LogP contribution in [0.2, 0.25) is 0 Å². The molecule has 2 heteroatoms. The van der Waals surface area contributed by atoms with Gasteiger partial charge in [0.2, 0.25) is 0 Å². The number of hydrogen-bond donors (Lipinski definition) is 1. The van der Waals surface area contributed by atoms with Gasteiger partial charge in [0.25, 0.3) is 0 Å². The third kappa shape index (κ3) is 1.49. The molecule has 1 N–H and O–H groups in total. The third-order valence-corrected chi connectivity index (χ3v) is 6.76. The SMILES string of the molecule is CC1C2CC3=C4C=CCN(C)C(C)(C3)C(C)C1NC2=C4. The van der Waals surface area contributed by atoms with E-state index in [1.807, 2.05) is 0 Å². The predicted molar refractivity (Wildman–Crippen MR) is 83.3 cm³/mol. The number of nitrogens with zero attached hydrogens (tertiary/aromatic N) is 1. The largest absolute Gasteiger partial charge is 0.385 e. The van der Waals surface area contributed by atoms with E-state index in [-0.39, 0.29) is 5.54 Å². The van der Waals surface area contributed by atoms with Crippen molar-refractivity contribution in [1.82, 2.24) is 10.2 Å². The van der Waals surface area contributed by atoms with Crippen LogP contribution in [-0.4, -0.2) is 30.1 Å². The van der Waals surface area contributed by atoms with Gasteiger partial charge in [-0.15, -0.1) is 0 Å². The summed E-state index contributed by atoms with van der Waals surface area (Å²) >= 11 is 0. The molecule has 0 aromatic heterocycles. The molecule has 2 nitrogen and oxygen atoms in total. The first-order valence-corrected chi connectivity index (χ1v) is 8.08. The van der Waals surface area contributed by atoms with Crippen LogP contribution in [0, 0.1) is 17.8 Å². The van der Waals surface area contributed by atoms with Gasteiger partial charge in [-0.3, -0.25) is 4.90 Å². The van der Waals surface area contributed by atoms with E-state index in [1.54, 1.807) is 5.57 Å². The minimum Gasteiger partial charge on any atom is -0.385 e. The zero-order valence-electron chi connectivity index (χ0n) is 13.1. The molecule has 20 heavy (non-hydrogen) atoms. The summed E-state index contributed by atoms with van der Waals surface area (Å²) in [6, 6.07) is 0.623. The fourth-order valence-electron chi connectivity index (χ4n) is 4.99. The highest BCUT2D eigenvalue weighted by Gasteiger charge is 2.50. The molecule has 1 saturated heterocycles. The van der Waals surface area contributed by atoms with Crippen molar-refractivity contribution >= 4 is 0 Å². The number of nitrogens with one attached hydrogen (secondary N) is 1. The predicted octanol–water partition coefficient (Wildman–Crippen LogP) is 3.09. The second kappa shape index (κ2) is 4.00. The first-order chi connectivity index (χ1) is 9.50. The average Bonchev–Trinajstić information content (AvgIpc) is 2.75. The van der Waals surface area contributed by atoms with Gasteiger partial charge in [0.1, 0.15) is 0 Å². The Morgan fingerprint density at radius 2 is 2.15 bits per heavy atom. The van der Waals surface area contributed by atoms with Crippen LogP contribution < -0.4 is 5.32 Å². The Morgan fingerprint density at radius 3 is 2.95 bits per heavy atom. The molecule has 108 valence electrons. The molecule has 4 bridgehead atoms. The monoisotopic (exact) mass is 270 g/mol. The lowest BCUT2D eigenvalue weighted by atomic mass is 9.66. The molecule has 2 heterocycles. The van der Waals surface area contributed by atoms with Crippen molar-refractivity contribution in [2.75, 3.05) is 13.6 Å². The Balaban J connectivity index is 1.92. The number of fused-ring (bicyclic) bond motifs is 2. The summed E-state index contributed by atoms with van der Waals surface area (Å²) in [5, 5.41) is 3.89. The summed E-state index contributed by atoms with van der Waals surface area (Å²) in [6.45, 7) is 8.46. The van der Waals surface area contributed by atoms with Crippen LogP contribution in [0.5, 0.6) is 0 Å². The lowest BCUT2D eigenvalue weighted by molar-refractivity contribution is 0.0542. The van der Waals surface area contributed by atoms with Crippen LogP contribution in [0.1, 0.15) is 33.6 Å². The highest BCUT2D eigenvalue weighted by atomic mass is 15.2. The molecule has 4 rings (SSSR count). The molecule has 0 aromatic rings. The minimum absolute atomic E-state index is 0.260. The van der Waals surface area contributed by atoms with Crippen LogP contribution in [0.25, 0.3) is 0 Å². The molecule has 2 fully saturated rings. The molecular formula is C18H26N2. The smallest absolute Gasteiger partial charge is 0.0333 e. The normalized spacial score (nSPS) is 46.7. The first kappa shape index (κ1) is 12.7. The van der Waals surface area contributed by atoms with Crippen LogP contribution in [0.4, 0.5) is 0 Å². The maximum atomic E-state index is 3.89. The Kier molecular flexibility index (Phi) is 2.54. The van der Waals surface area contributed by atoms with Crippen LogP contribution in [0.15, 0.2) is 35.1 Å². The van der Waals surface area contributed by atoms with Crippen LogP contribution in [0.3, 0.4) is 0 Å². The van der Waals surface area contributed by atoms with Gasteiger partial charge in [-0.25, -0.2) is 0 Å². The fourth-order valence-corrected chi connectivity index (χ4v) is 4.99. The molecule has 4 aliphatic rings. The van der Waals surface area contributed by atoms with Crippen molar-refractivity contribution in [1.29, 1.82) is 0 Å². The Hall–Kier alpha value is -1.02. The van der Waals surface area contributed by atoms with Gasteiger partial charge >= 0.3 is 0 Å². The van der Waals surface area contributed by atoms with Gasteiger partial charge in [0.15, 0.2) is 0 Å². The van der Waals surface area contributed by atoms with Crippen molar-refractivity contribution in [2.24, 2.45) is 17.8 Å². The van der Waals surface area contributed by atoms with Crippen molar-refractivity contribution in [3.8, 4) is 0 Å². The number of hydrogen-bond acceptors (Lipinski definition) is 2. The van der Waals surface area contributed by atoms with E-state index < -0.39 is 0 Å². The molecule has 1 saturated carbocycles. The summed E-state index contributed by atoms with van der Waals surface area (Å²) in [6.07, 6.45) is 9.64. The van der Waals surface area contributed by atoms with Gasteiger partial charge in [-0.1, -0.05) is 31.6 Å². The molecule has 0 amide bonds. The topological polar surface area (TPSA) is 15.3 Å². The fraction of sp³-hybridized carbons (Fsp3) is 0.667. The Morgan fingerprint density at radius 1 is 1.35 bits per heavy atom. The molecule has 5 atom stereocenters. The minimum atomic E-state index is 0.260. The first-order valence-electron chi connectivity index (χ1n) is 8.08. The summed E-state index contributed by atoms with van der Waals surface area (Å²) < 4.78 is 0.